The minimum absolute atomic E-state index is 0.0937. The van der Waals surface area contributed by atoms with E-state index in [1.807, 2.05) is 0 Å². The fraction of sp³-hybridized carbons (Fsp3) is 0.625. The van der Waals surface area contributed by atoms with E-state index in [-0.39, 0.29) is 28.0 Å². The largest absolute Gasteiger partial charge is 0.382 e. The Labute approximate surface area is 116 Å². The van der Waals surface area contributed by atoms with Crippen LogP contribution in [0.1, 0.15) is 0 Å². The molecule has 19 heavy (non-hydrogen) atoms. The number of nitrogens with two attached hydrogens (primary N) is 1. The van der Waals surface area contributed by atoms with Gasteiger partial charge in [-0.3, -0.25) is 0 Å². The van der Waals surface area contributed by atoms with Crippen LogP contribution in [0.5, 0.6) is 0 Å². The molecule has 0 aromatic carbocycles. The maximum absolute atomic E-state index is 12.0. The van der Waals surface area contributed by atoms with Crippen molar-refractivity contribution >= 4 is 42.2 Å². The number of anilines is 2. The van der Waals surface area contributed by atoms with Gasteiger partial charge in [0.05, 0.1) is 5.75 Å². The number of hydrogen-bond acceptors (Lipinski definition) is 8. The third-order valence-electron chi connectivity index (χ3n) is 2.17. The van der Waals surface area contributed by atoms with Gasteiger partial charge in [-0.25, -0.2) is 21.1 Å². The minimum Gasteiger partial charge on any atom is -0.382 e. The number of sulfonamides is 1. The average Bonchev–Trinajstić information content (AvgIpc) is 2.58. The molecule has 0 aliphatic rings. The maximum atomic E-state index is 12.0. The van der Waals surface area contributed by atoms with Gasteiger partial charge in [0.2, 0.25) is 10.0 Å². The van der Waals surface area contributed by atoms with E-state index in [2.05, 4.69) is 9.69 Å². The number of aromatic nitrogens is 1. The summed E-state index contributed by atoms with van der Waals surface area (Å²) < 4.78 is 50.9. The Morgan fingerprint density at radius 3 is 2.37 bits per heavy atom. The van der Waals surface area contributed by atoms with Crippen molar-refractivity contribution in [1.82, 2.24) is 8.68 Å². The predicted octanol–water partition coefficient (Wildman–Crippen LogP) is -0.568. The Balaban J connectivity index is 3.00. The predicted molar refractivity (Wildman–Crippen MR) is 75.6 cm³/mol. The molecule has 0 bridgehead atoms. The molecule has 0 spiro atoms. The summed E-state index contributed by atoms with van der Waals surface area (Å²) in [7, 11) is -4.07. The van der Waals surface area contributed by atoms with Crippen LogP contribution in [-0.4, -0.2) is 58.2 Å². The van der Waals surface area contributed by atoms with Crippen LogP contribution < -0.4 is 11.1 Å². The van der Waals surface area contributed by atoms with E-state index in [0.29, 0.717) is 0 Å². The highest BCUT2D eigenvalue weighted by molar-refractivity contribution is 7.90. The van der Waals surface area contributed by atoms with Crippen LogP contribution in [0.25, 0.3) is 0 Å². The molecule has 0 aliphatic carbocycles. The fourth-order valence-electron chi connectivity index (χ4n) is 1.19. The highest BCUT2D eigenvalue weighted by atomic mass is 32.2. The number of sulfone groups is 1. The van der Waals surface area contributed by atoms with Gasteiger partial charge in [0.1, 0.15) is 14.8 Å². The molecule has 0 amide bonds. The summed E-state index contributed by atoms with van der Waals surface area (Å²) >= 11 is 0.884. The van der Waals surface area contributed by atoms with Crippen LogP contribution in [0, 0.1) is 0 Å². The fourth-order valence-corrected chi connectivity index (χ4v) is 3.76. The summed E-state index contributed by atoms with van der Waals surface area (Å²) in [5.41, 5.74) is 5.56. The van der Waals surface area contributed by atoms with Crippen molar-refractivity contribution < 1.29 is 16.8 Å². The smallest absolute Gasteiger partial charge is 0.249 e. The van der Waals surface area contributed by atoms with Crippen LogP contribution in [0.2, 0.25) is 0 Å². The highest BCUT2D eigenvalue weighted by Crippen LogP contribution is 2.32. The van der Waals surface area contributed by atoms with Gasteiger partial charge in [-0.2, -0.15) is 4.37 Å². The first kappa shape index (κ1) is 16.1. The maximum Gasteiger partial charge on any atom is 0.249 e. The van der Waals surface area contributed by atoms with Crippen molar-refractivity contribution in [2.75, 3.05) is 43.7 Å². The first-order chi connectivity index (χ1) is 8.55. The molecule has 11 heteroatoms. The van der Waals surface area contributed by atoms with E-state index in [1.165, 1.54) is 14.1 Å². The summed E-state index contributed by atoms with van der Waals surface area (Å²) in [6, 6.07) is 0. The summed E-state index contributed by atoms with van der Waals surface area (Å²) in [5, 5.41) is 2.99. The molecular weight excluding hydrogens is 312 g/mol. The lowest BCUT2D eigenvalue weighted by atomic mass is 10.6. The third-order valence-corrected chi connectivity index (χ3v) is 5.96. The van der Waals surface area contributed by atoms with Crippen LogP contribution in [0.3, 0.4) is 0 Å². The second-order valence-corrected chi connectivity index (χ2v) is 9.19. The van der Waals surface area contributed by atoms with Gasteiger partial charge >= 0.3 is 0 Å². The van der Waals surface area contributed by atoms with E-state index in [1.54, 1.807) is 0 Å². The number of nitrogens with one attached hydrogen (secondary N) is 1. The molecule has 0 saturated heterocycles. The molecule has 110 valence electrons. The lowest BCUT2D eigenvalue weighted by molar-refractivity contribution is 0.521. The number of hydrogen-bond donors (Lipinski definition) is 2. The van der Waals surface area contributed by atoms with E-state index < -0.39 is 19.9 Å². The third kappa shape index (κ3) is 4.03. The minimum atomic E-state index is -3.72. The zero-order valence-corrected chi connectivity index (χ0v) is 13.2. The Kier molecular flexibility index (Phi) is 4.76. The van der Waals surface area contributed by atoms with Gasteiger partial charge in [-0.05, 0) is 11.5 Å². The number of nitrogens with zero attached hydrogens (tertiary/aromatic N) is 2. The Bertz CT molecular complexity index is 648. The molecule has 0 saturated carbocycles. The van der Waals surface area contributed by atoms with Crippen LogP contribution in [-0.2, 0) is 19.9 Å². The molecule has 1 heterocycles. The van der Waals surface area contributed by atoms with Crippen LogP contribution in [0.4, 0.5) is 10.8 Å². The molecule has 0 aliphatic heterocycles. The van der Waals surface area contributed by atoms with Gasteiger partial charge in [0.15, 0.2) is 10.7 Å². The topological polar surface area (TPSA) is 122 Å². The molecule has 3 N–H and O–H groups in total. The number of rotatable bonds is 6. The van der Waals surface area contributed by atoms with Crippen molar-refractivity contribution in [3.63, 3.8) is 0 Å². The van der Waals surface area contributed by atoms with E-state index in [9.17, 15) is 16.8 Å². The van der Waals surface area contributed by atoms with Crippen molar-refractivity contribution in [2.24, 2.45) is 0 Å². The molecule has 0 fully saturated rings. The highest BCUT2D eigenvalue weighted by Gasteiger charge is 2.27. The Hall–Kier alpha value is -0.910. The molecule has 1 aromatic rings. The standard InChI is InChI=1S/C8H16N4O4S3/c1-12(2)19(15,16)6-7(9)11-17-8(6)10-4-5-18(3,13)14/h10H,4-5H2,1-3H3,(H2,9,11). The summed E-state index contributed by atoms with van der Waals surface area (Å²) in [6.07, 6.45) is 1.10. The Morgan fingerprint density at radius 2 is 1.89 bits per heavy atom. The van der Waals surface area contributed by atoms with Gasteiger partial charge < -0.3 is 11.1 Å². The summed E-state index contributed by atoms with van der Waals surface area (Å²) in [4.78, 5) is -0.115. The van der Waals surface area contributed by atoms with Gasteiger partial charge in [-0.15, -0.1) is 0 Å². The zero-order valence-electron chi connectivity index (χ0n) is 10.7. The molecule has 0 unspecified atom stereocenters. The van der Waals surface area contributed by atoms with Gasteiger partial charge in [-0.1, -0.05) is 0 Å². The quantitative estimate of drug-likeness (QED) is 0.717. The molecule has 0 radical (unpaired) electrons. The molecular formula is C8H16N4O4S3. The monoisotopic (exact) mass is 328 g/mol. The van der Waals surface area contributed by atoms with E-state index in [4.69, 9.17) is 5.73 Å². The normalized spacial score (nSPS) is 12.8. The average molecular weight is 328 g/mol. The van der Waals surface area contributed by atoms with Crippen molar-refractivity contribution in [2.45, 2.75) is 4.90 Å². The van der Waals surface area contributed by atoms with Crippen molar-refractivity contribution in [3.8, 4) is 0 Å². The second kappa shape index (κ2) is 5.61. The van der Waals surface area contributed by atoms with Gasteiger partial charge in [0, 0.05) is 26.9 Å². The lowest BCUT2D eigenvalue weighted by Crippen LogP contribution is -2.24. The van der Waals surface area contributed by atoms with E-state index in [0.717, 1.165) is 22.1 Å². The Morgan fingerprint density at radius 1 is 1.32 bits per heavy atom. The molecule has 1 aromatic heterocycles. The first-order valence-corrected chi connectivity index (χ1v) is 9.42. The van der Waals surface area contributed by atoms with Crippen LogP contribution in [0.15, 0.2) is 4.90 Å². The SMILES string of the molecule is CN(C)S(=O)(=O)c1c(N)nsc1NCCS(C)(=O)=O. The molecule has 0 atom stereocenters. The summed E-state index contributed by atoms with van der Waals surface area (Å²) in [6.45, 7) is 0.0937. The van der Waals surface area contributed by atoms with E-state index >= 15 is 0 Å². The molecule has 8 nitrogen and oxygen atoms in total. The number of nitrogen functional groups attached to an aromatic ring is 1. The molecule has 1 rings (SSSR count). The summed E-state index contributed by atoms with van der Waals surface area (Å²) in [5.74, 6) is -0.202. The van der Waals surface area contributed by atoms with Crippen molar-refractivity contribution in [1.29, 1.82) is 0 Å². The zero-order chi connectivity index (χ0) is 14.8. The van der Waals surface area contributed by atoms with Crippen LogP contribution >= 0.6 is 11.5 Å². The first-order valence-electron chi connectivity index (χ1n) is 5.15. The van der Waals surface area contributed by atoms with Crippen molar-refractivity contribution in [3.05, 3.63) is 0 Å². The lowest BCUT2D eigenvalue weighted by Gasteiger charge is -2.12. The van der Waals surface area contributed by atoms with Gasteiger partial charge in [0.25, 0.3) is 0 Å². The second-order valence-electron chi connectivity index (χ2n) is 4.07.